The summed E-state index contributed by atoms with van der Waals surface area (Å²) in [5, 5.41) is 8.85. The van der Waals surface area contributed by atoms with Crippen molar-refractivity contribution in [2.45, 2.75) is 45.3 Å². The van der Waals surface area contributed by atoms with Gasteiger partial charge < -0.3 is 9.84 Å². The van der Waals surface area contributed by atoms with Crippen molar-refractivity contribution in [3.8, 4) is 0 Å². The van der Waals surface area contributed by atoms with Crippen LogP contribution in [0.2, 0.25) is 0 Å². The summed E-state index contributed by atoms with van der Waals surface area (Å²) in [7, 11) is 0. The zero-order valence-corrected chi connectivity index (χ0v) is 9.32. The normalized spacial score (nSPS) is 21.5. The van der Waals surface area contributed by atoms with E-state index in [4.69, 9.17) is 9.84 Å². The van der Waals surface area contributed by atoms with Crippen LogP contribution in [-0.2, 0) is 9.53 Å². The van der Waals surface area contributed by atoms with Crippen molar-refractivity contribution >= 4 is 12.1 Å². The largest absolute Gasteiger partial charge is 0.465 e. The van der Waals surface area contributed by atoms with E-state index in [0.717, 1.165) is 11.3 Å². The Morgan fingerprint density at radius 2 is 2.00 bits per heavy atom. The molecule has 1 atom stereocenters. The van der Waals surface area contributed by atoms with E-state index >= 15 is 0 Å². The summed E-state index contributed by atoms with van der Waals surface area (Å²) in [6.07, 6.45) is 0.223. The predicted molar refractivity (Wildman–Crippen MR) is 53.6 cm³/mol. The summed E-state index contributed by atoms with van der Waals surface area (Å²) in [5.41, 5.74) is -0.566. The number of carbonyl (C=O) groups excluding carboxylic acids is 1. The van der Waals surface area contributed by atoms with Crippen molar-refractivity contribution in [3.05, 3.63) is 0 Å². The second kappa shape index (κ2) is 4.08. The molecule has 1 saturated heterocycles. The third-order valence-electron chi connectivity index (χ3n) is 2.18. The van der Waals surface area contributed by atoms with Crippen LogP contribution in [0.15, 0.2) is 0 Å². The molecule has 5 nitrogen and oxygen atoms in total. The Hall–Kier alpha value is -1.26. The van der Waals surface area contributed by atoms with Crippen LogP contribution in [0.5, 0.6) is 0 Å². The lowest BCUT2D eigenvalue weighted by atomic mass is 10.1. The highest BCUT2D eigenvalue weighted by Crippen LogP contribution is 2.20. The number of nitrogens with zero attached hydrogens (tertiary/aromatic N) is 1. The van der Waals surface area contributed by atoms with Crippen molar-refractivity contribution < 1.29 is 19.4 Å². The number of esters is 1. The summed E-state index contributed by atoms with van der Waals surface area (Å²) in [6.45, 7) is 5.72. The summed E-state index contributed by atoms with van der Waals surface area (Å²) < 4.78 is 5.16. The number of hydrogen-bond donors (Lipinski definition) is 1. The van der Waals surface area contributed by atoms with Gasteiger partial charge >= 0.3 is 12.1 Å². The van der Waals surface area contributed by atoms with E-state index in [0.29, 0.717) is 13.0 Å². The molecular formula is C10H17NO4. The molecule has 0 saturated carbocycles. The third-order valence-corrected chi connectivity index (χ3v) is 2.18. The van der Waals surface area contributed by atoms with Gasteiger partial charge in [0.25, 0.3) is 0 Å². The molecule has 1 aliphatic heterocycles. The fraction of sp³-hybridized carbons (Fsp3) is 0.800. The van der Waals surface area contributed by atoms with Crippen LogP contribution in [0.3, 0.4) is 0 Å². The second-order valence-corrected chi connectivity index (χ2v) is 4.67. The lowest BCUT2D eigenvalue weighted by Gasteiger charge is -2.25. The summed E-state index contributed by atoms with van der Waals surface area (Å²) in [5.74, 6) is -0.442. The van der Waals surface area contributed by atoms with E-state index in [9.17, 15) is 9.59 Å². The van der Waals surface area contributed by atoms with Crippen LogP contribution >= 0.6 is 0 Å². The van der Waals surface area contributed by atoms with Crippen LogP contribution in [0.1, 0.15) is 33.6 Å². The third kappa shape index (κ3) is 3.11. The first-order valence-electron chi connectivity index (χ1n) is 5.04. The molecule has 1 heterocycles. The molecule has 1 fully saturated rings. The highest BCUT2D eigenvalue weighted by molar-refractivity contribution is 5.81. The van der Waals surface area contributed by atoms with Gasteiger partial charge in [0.1, 0.15) is 11.6 Å². The predicted octanol–water partition coefficient (Wildman–Crippen LogP) is 1.47. The second-order valence-electron chi connectivity index (χ2n) is 4.67. The summed E-state index contributed by atoms with van der Waals surface area (Å²) in [6, 6.07) is -0.623. The molecule has 0 bridgehead atoms. The number of carbonyl (C=O) groups is 2. The molecule has 0 aromatic heterocycles. The number of ether oxygens (including phenoxy) is 1. The first-order valence-corrected chi connectivity index (χ1v) is 5.04. The molecule has 0 radical (unpaired) electrons. The van der Waals surface area contributed by atoms with E-state index < -0.39 is 23.7 Å². The van der Waals surface area contributed by atoms with Gasteiger partial charge in [0.2, 0.25) is 0 Å². The lowest BCUT2D eigenvalue weighted by Crippen LogP contribution is -2.42. The summed E-state index contributed by atoms with van der Waals surface area (Å²) in [4.78, 5) is 23.6. The Labute approximate surface area is 89.0 Å². The first-order chi connectivity index (χ1) is 6.81. The molecule has 15 heavy (non-hydrogen) atoms. The van der Waals surface area contributed by atoms with Gasteiger partial charge in [-0.3, -0.25) is 4.90 Å². The Morgan fingerprint density at radius 1 is 1.40 bits per heavy atom. The number of likely N-dealkylation sites (tertiary alicyclic amines) is 1. The molecule has 5 heteroatoms. The molecule has 0 unspecified atom stereocenters. The van der Waals surface area contributed by atoms with Gasteiger partial charge in [-0.1, -0.05) is 0 Å². The Bertz CT molecular complexity index is 269. The van der Waals surface area contributed by atoms with Crippen LogP contribution in [0.4, 0.5) is 4.79 Å². The molecule has 1 aliphatic rings. The quantitative estimate of drug-likeness (QED) is 0.672. The minimum Gasteiger partial charge on any atom is -0.465 e. The maximum absolute atomic E-state index is 11.6. The maximum Gasteiger partial charge on any atom is 0.408 e. The van der Waals surface area contributed by atoms with Crippen molar-refractivity contribution in [1.82, 2.24) is 4.90 Å². The number of hydrogen-bond acceptors (Lipinski definition) is 3. The van der Waals surface area contributed by atoms with Crippen LogP contribution in [-0.4, -0.2) is 40.3 Å². The zero-order valence-electron chi connectivity index (χ0n) is 9.32. The van der Waals surface area contributed by atoms with E-state index in [2.05, 4.69) is 0 Å². The van der Waals surface area contributed by atoms with Crippen LogP contribution in [0.25, 0.3) is 0 Å². The van der Waals surface area contributed by atoms with Gasteiger partial charge in [0.15, 0.2) is 0 Å². The number of amides is 1. The van der Waals surface area contributed by atoms with E-state index in [1.165, 1.54) is 0 Å². The number of carboxylic acid groups (broad SMARTS) is 1. The Morgan fingerprint density at radius 3 is 2.47 bits per heavy atom. The van der Waals surface area contributed by atoms with Gasteiger partial charge in [-0.2, -0.15) is 0 Å². The molecule has 1 rings (SSSR count). The molecule has 0 aromatic rings. The smallest absolute Gasteiger partial charge is 0.408 e. The average Bonchev–Trinajstić information content (AvgIpc) is 2.47. The highest BCUT2D eigenvalue weighted by atomic mass is 16.6. The molecule has 0 aromatic carbocycles. The maximum atomic E-state index is 11.6. The van der Waals surface area contributed by atoms with Gasteiger partial charge in [-0.05, 0) is 33.6 Å². The molecule has 1 amide bonds. The molecule has 0 aliphatic carbocycles. The average molecular weight is 215 g/mol. The topological polar surface area (TPSA) is 66.8 Å². The lowest BCUT2D eigenvalue weighted by molar-refractivity contribution is -0.159. The van der Waals surface area contributed by atoms with Crippen molar-refractivity contribution in [2.24, 2.45) is 0 Å². The molecule has 1 N–H and O–H groups in total. The Balaban J connectivity index is 2.63. The van der Waals surface area contributed by atoms with Crippen molar-refractivity contribution in [2.75, 3.05) is 6.54 Å². The van der Waals surface area contributed by atoms with Gasteiger partial charge in [-0.15, -0.1) is 0 Å². The van der Waals surface area contributed by atoms with Gasteiger partial charge in [0, 0.05) is 6.54 Å². The summed E-state index contributed by atoms with van der Waals surface area (Å²) >= 11 is 0. The molecular weight excluding hydrogens is 198 g/mol. The Kier molecular flexibility index (Phi) is 3.21. The number of rotatable bonds is 1. The molecule has 86 valence electrons. The minimum atomic E-state index is -1.05. The van der Waals surface area contributed by atoms with Crippen molar-refractivity contribution in [3.63, 3.8) is 0 Å². The standard InChI is InChI=1S/C10H17NO4/c1-10(2,3)15-8(12)7-5-4-6-11(7)9(13)14/h7H,4-6H2,1-3H3,(H,13,14)/t7-/m0/s1. The van der Waals surface area contributed by atoms with E-state index in [1.54, 1.807) is 20.8 Å². The van der Waals surface area contributed by atoms with Crippen LogP contribution in [0, 0.1) is 0 Å². The first kappa shape index (κ1) is 11.8. The fourth-order valence-electron chi connectivity index (χ4n) is 1.61. The van der Waals surface area contributed by atoms with Gasteiger partial charge in [-0.25, -0.2) is 9.59 Å². The van der Waals surface area contributed by atoms with Crippen molar-refractivity contribution in [1.29, 1.82) is 0 Å². The minimum absolute atomic E-state index is 0.416. The monoisotopic (exact) mass is 215 g/mol. The highest BCUT2D eigenvalue weighted by Gasteiger charge is 2.36. The molecule has 0 spiro atoms. The van der Waals surface area contributed by atoms with Gasteiger partial charge in [0.05, 0.1) is 0 Å². The zero-order chi connectivity index (χ0) is 11.6. The van der Waals surface area contributed by atoms with Crippen LogP contribution < -0.4 is 0 Å². The van der Waals surface area contributed by atoms with E-state index in [-0.39, 0.29) is 0 Å². The van der Waals surface area contributed by atoms with E-state index in [1.807, 2.05) is 0 Å². The SMILES string of the molecule is CC(C)(C)OC(=O)[C@@H]1CCCN1C(=O)O. The fourth-order valence-corrected chi connectivity index (χ4v) is 1.61.